The van der Waals surface area contributed by atoms with E-state index in [-0.39, 0.29) is 12.1 Å². The van der Waals surface area contributed by atoms with Crippen LogP contribution in [0.5, 0.6) is 0 Å². The van der Waals surface area contributed by atoms with Gasteiger partial charge in [0.1, 0.15) is 12.4 Å². The number of benzene rings is 2. The molecule has 1 atom stereocenters. The molecule has 2 amide bonds. The summed E-state index contributed by atoms with van der Waals surface area (Å²) < 4.78 is 14.1. The van der Waals surface area contributed by atoms with E-state index in [4.69, 9.17) is 0 Å². The van der Waals surface area contributed by atoms with Crippen LogP contribution in [0.2, 0.25) is 0 Å². The standard InChI is InChI=1S/C16H12BrFN2O3/c17-12-5-1-3-10(7-12)15-19(9-14(21)20(15)23)16(22)11-4-2-6-13(18)8-11/h1-8,15,23H,9H2. The van der Waals surface area contributed by atoms with Crippen LogP contribution in [0.3, 0.4) is 0 Å². The van der Waals surface area contributed by atoms with Crippen LogP contribution in [-0.2, 0) is 4.79 Å². The number of carbonyl (C=O) groups excluding carboxylic acids is 2. The summed E-state index contributed by atoms with van der Waals surface area (Å²) in [6.45, 7) is -0.275. The fraction of sp³-hybridized carbons (Fsp3) is 0.125. The number of rotatable bonds is 2. The monoisotopic (exact) mass is 378 g/mol. The smallest absolute Gasteiger partial charge is 0.267 e. The number of halogens is 2. The summed E-state index contributed by atoms with van der Waals surface area (Å²) >= 11 is 3.32. The van der Waals surface area contributed by atoms with Gasteiger partial charge in [-0.25, -0.2) is 4.39 Å². The van der Waals surface area contributed by atoms with Crippen LogP contribution in [0.4, 0.5) is 4.39 Å². The van der Waals surface area contributed by atoms with Gasteiger partial charge in [-0.2, -0.15) is 5.06 Å². The molecule has 1 unspecified atom stereocenters. The Morgan fingerprint density at radius 3 is 2.65 bits per heavy atom. The minimum Gasteiger partial charge on any atom is -0.302 e. The molecule has 1 fully saturated rings. The highest BCUT2D eigenvalue weighted by Crippen LogP contribution is 2.32. The summed E-state index contributed by atoms with van der Waals surface area (Å²) in [5, 5.41) is 10.5. The normalized spacial score (nSPS) is 17.7. The second kappa shape index (κ2) is 6.10. The molecule has 1 aliphatic rings. The fourth-order valence-corrected chi connectivity index (χ4v) is 2.95. The fourth-order valence-electron chi connectivity index (χ4n) is 2.53. The maximum Gasteiger partial charge on any atom is 0.267 e. The lowest BCUT2D eigenvalue weighted by Gasteiger charge is -2.26. The van der Waals surface area contributed by atoms with E-state index in [1.54, 1.807) is 24.3 Å². The zero-order chi connectivity index (χ0) is 16.6. The minimum absolute atomic E-state index is 0.119. The third kappa shape index (κ3) is 2.97. The van der Waals surface area contributed by atoms with E-state index >= 15 is 0 Å². The second-order valence-electron chi connectivity index (χ2n) is 5.11. The molecule has 1 N–H and O–H groups in total. The van der Waals surface area contributed by atoms with Gasteiger partial charge < -0.3 is 4.90 Å². The van der Waals surface area contributed by atoms with E-state index in [0.717, 1.165) is 10.5 Å². The third-order valence-electron chi connectivity index (χ3n) is 3.57. The molecule has 1 aliphatic heterocycles. The first kappa shape index (κ1) is 15.6. The van der Waals surface area contributed by atoms with Gasteiger partial charge in [-0.15, -0.1) is 0 Å². The van der Waals surface area contributed by atoms with Crippen molar-refractivity contribution in [1.82, 2.24) is 9.96 Å². The average Bonchev–Trinajstić information content (AvgIpc) is 2.82. The zero-order valence-corrected chi connectivity index (χ0v) is 13.4. The Balaban J connectivity index is 1.99. The number of amides is 2. The summed E-state index contributed by atoms with van der Waals surface area (Å²) in [6, 6.07) is 12.2. The number of hydroxylamine groups is 2. The predicted molar refractivity (Wildman–Crippen MR) is 83.0 cm³/mol. The van der Waals surface area contributed by atoms with Crippen molar-refractivity contribution in [3.63, 3.8) is 0 Å². The van der Waals surface area contributed by atoms with Crippen LogP contribution in [0, 0.1) is 5.82 Å². The van der Waals surface area contributed by atoms with Crippen LogP contribution in [-0.4, -0.2) is 33.5 Å². The summed E-state index contributed by atoms with van der Waals surface area (Å²) in [4.78, 5) is 25.7. The van der Waals surface area contributed by atoms with Gasteiger partial charge in [0.25, 0.3) is 11.8 Å². The lowest BCUT2D eigenvalue weighted by molar-refractivity contribution is -0.168. The first-order valence-electron chi connectivity index (χ1n) is 6.80. The first-order chi connectivity index (χ1) is 11.0. The molecule has 0 spiro atoms. The highest BCUT2D eigenvalue weighted by Gasteiger charge is 2.41. The number of nitrogens with zero attached hydrogens (tertiary/aromatic N) is 2. The van der Waals surface area contributed by atoms with Crippen molar-refractivity contribution in [1.29, 1.82) is 0 Å². The molecular formula is C16H12BrFN2O3. The van der Waals surface area contributed by atoms with Gasteiger partial charge in [0.05, 0.1) is 0 Å². The highest BCUT2D eigenvalue weighted by atomic mass is 79.9. The van der Waals surface area contributed by atoms with Gasteiger partial charge in [0, 0.05) is 10.0 Å². The van der Waals surface area contributed by atoms with Crippen LogP contribution >= 0.6 is 15.9 Å². The zero-order valence-electron chi connectivity index (χ0n) is 11.8. The van der Waals surface area contributed by atoms with Gasteiger partial charge in [-0.1, -0.05) is 34.1 Å². The Labute approximate surface area is 140 Å². The molecule has 0 radical (unpaired) electrons. The summed E-state index contributed by atoms with van der Waals surface area (Å²) in [5.74, 6) is -1.67. The van der Waals surface area contributed by atoms with E-state index in [1.807, 2.05) is 0 Å². The molecule has 2 aromatic rings. The van der Waals surface area contributed by atoms with Crippen molar-refractivity contribution in [3.05, 3.63) is 69.9 Å². The van der Waals surface area contributed by atoms with Gasteiger partial charge in [-0.3, -0.25) is 14.8 Å². The second-order valence-corrected chi connectivity index (χ2v) is 6.03. The molecule has 0 saturated carbocycles. The molecule has 23 heavy (non-hydrogen) atoms. The van der Waals surface area contributed by atoms with Crippen molar-refractivity contribution in [3.8, 4) is 0 Å². The maximum atomic E-state index is 13.3. The SMILES string of the molecule is O=C1CN(C(=O)c2cccc(F)c2)C(c2cccc(Br)c2)N1O. The van der Waals surface area contributed by atoms with E-state index in [1.165, 1.54) is 23.1 Å². The van der Waals surface area contributed by atoms with Crippen molar-refractivity contribution in [2.75, 3.05) is 6.54 Å². The third-order valence-corrected chi connectivity index (χ3v) is 4.06. The Hall–Kier alpha value is -2.25. The number of hydrogen-bond acceptors (Lipinski definition) is 3. The van der Waals surface area contributed by atoms with Crippen molar-refractivity contribution in [2.45, 2.75) is 6.17 Å². The van der Waals surface area contributed by atoms with Crippen LogP contribution in [0.1, 0.15) is 22.1 Å². The van der Waals surface area contributed by atoms with E-state index in [0.29, 0.717) is 10.6 Å². The summed E-state index contributed by atoms with van der Waals surface area (Å²) in [7, 11) is 0. The van der Waals surface area contributed by atoms with Crippen molar-refractivity contribution >= 4 is 27.7 Å². The Bertz CT molecular complexity index is 783. The molecule has 0 bridgehead atoms. The Morgan fingerprint density at radius 1 is 1.22 bits per heavy atom. The van der Waals surface area contributed by atoms with Gasteiger partial charge in [0.15, 0.2) is 6.17 Å². The maximum absolute atomic E-state index is 13.3. The molecule has 2 aromatic carbocycles. The lowest BCUT2D eigenvalue weighted by Crippen LogP contribution is -2.34. The molecule has 1 saturated heterocycles. The van der Waals surface area contributed by atoms with E-state index in [9.17, 15) is 19.2 Å². The van der Waals surface area contributed by atoms with E-state index in [2.05, 4.69) is 15.9 Å². The van der Waals surface area contributed by atoms with Gasteiger partial charge in [0.2, 0.25) is 0 Å². The predicted octanol–water partition coefficient (Wildman–Crippen LogP) is 2.96. The molecule has 0 aromatic heterocycles. The first-order valence-corrected chi connectivity index (χ1v) is 7.59. The molecule has 118 valence electrons. The topological polar surface area (TPSA) is 60.9 Å². The van der Waals surface area contributed by atoms with Crippen LogP contribution in [0.15, 0.2) is 53.0 Å². The largest absolute Gasteiger partial charge is 0.302 e. The Kier molecular flexibility index (Phi) is 4.14. The van der Waals surface area contributed by atoms with Crippen LogP contribution in [0.25, 0.3) is 0 Å². The van der Waals surface area contributed by atoms with Crippen molar-refractivity contribution < 1.29 is 19.2 Å². The van der Waals surface area contributed by atoms with Crippen molar-refractivity contribution in [2.24, 2.45) is 0 Å². The van der Waals surface area contributed by atoms with Gasteiger partial charge >= 0.3 is 0 Å². The van der Waals surface area contributed by atoms with E-state index < -0.39 is 23.8 Å². The Morgan fingerprint density at radius 2 is 1.96 bits per heavy atom. The number of hydrogen-bond donors (Lipinski definition) is 1. The molecule has 0 aliphatic carbocycles. The average molecular weight is 379 g/mol. The van der Waals surface area contributed by atoms with Gasteiger partial charge in [-0.05, 0) is 35.9 Å². The summed E-state index contributed by atoms with van der Waals surface area (Å²) in [5.41, 5.74) is 0.686. The number of carbonyl (C=O) groups is 2. The quantitative estimate of drug-likeness (QED) is 0.817. The minimum atomic E-state index is -0.948. The molecule has 3 rings (SSSR count). The van der Waals surface area contributed by atoms with Crippen LogP contribution < -0.4 is 0 Å². The molecule has 5 nitrogen and oxygen atoms in total. The molecular weight excluding hydrogens is 367 g/mol. The molecule has 1 heterocycles. The summed E-state index contributed by atoms with van der Waals surface area (Å²) in [6.07, 6.45) is -0.948. The highest BCUT2D eigenvalue weighted by molar-refractivity contribution is 9.10. The molecule has 7 heteroatoms. The lowest BCUT2D eigenvalue weighted by atomic mass is 10.1.